The Morgan fingerprint density at radius 1 is 1.33 bits per heavy atom. The number of ether oxygens (including phenoxy) is 1. The molecule has 0 fully saturated rings. The molecule has 0 atom stereocenters. The van der Waals surface area contributed by atoms with Gasteiger partial charge in [-0.3, -0.25) is 0 Å². The number of H-pyrrole nitrogens is 1. The van der Waals surface area contributed by atoms with Gasteiger partial charge in [-0.15, -0.1) is 0 Å². The molecule has 0 saturated heterocycles. The van der Waals surface area contributed by atoms with Crippen LogP contribution >= 0.6 is 0 Å². The molecule has 0 aliphatic heterocycles. The third kappa shape index (κ3) is 1.97. The first-order chi connectivity index (χ1) is 8.69. The number of fused-ring (bicyclic) bond motifs is 1. The highest BCUT2D eigenvalue weighted by atomic mass is 16.5. The quantitative estimate of drug-likeness (QED) is 0.853. The Morgan fingerprint density at radius 3 is 2.61 bits per heavy atom. The normalized spacial score (nSPS) is 12.0. The molecule has 2 rings (SSSR count). The highest BCUT2D eigenvalue weighted by molar-refractivity contribution is 5.77. The summed E-state index contributed by atoms with van der Waals surface area (Å²) in [5, 5.41) is 0. The third-order valence-corrected chi connectivity index (χ3v) is 3.94. The summed E-state index contributed by atoms with van der Waals surface area (Å²) < 4.78 is 5.22. The summed E-state index contributed by atoms with van der Waals surface area (Å²) in [5.41, 5.74) is 7.87. The Balaban J connectivity index is 2.52. The van der Waals surface area contributed by atoms with Gasteiger partial charge >= 0.3 is 0 Å². The van der Waals surface area contributed by atoms with Crippen molar-refractivity contribution in [2.24, 2.45) is 5.73 Å². The van der Waals surface area contributed by atoms with E-state index < -0.39 is 0 Å². The lowest BCUT2D eigenvalue weighted by Crippen LogP contribution is -2.35. The van der Waals surface area contributed by atoms with Gasteiger partial charge in [0.15, 0.2) is 0 Å². The van der Waals surface area contributed by atoms with Crippen molar-refractivity contribution >= 4 is 11.0 Å². The Bertz CT molecular complexity index is 521. The third-order valence-electron chi connectivity index (χ3n) is 3.94. The molecule has 1 aromatic heterocycles. The van der Waals surface area contributed by atoms with Crippen molar-refractivity contribution in [3.63, 3.8) is 0 Å². The lowest BCUT2D eigenvalue weighted by Gasteiger charge is -2.27. The van der Waals surface area contributed by atoms with Gasteiger partial charge in [0.2, 0.25) is 0 Å². The topological polar surface area (TPSA) is 63.9 Å². The number of aromatic nitrogens is 2. The zero-order valence-corrected chi connectivity index (χ0v) is 11.3. The number of benzene rings is 1. The first-order valence-corrected chi connectivity index (χ1v) is 6.43. The summed E-state index contributed by atoms with van der Waals surface area (Å²) in [5.74, 6) is 1.82. The maximum atomic E-state index is 5.95. The maximum absolute atomic E-state index is 5.95. The van der Waals surface area contributed by atoms with Gasteiger partial charge in [-0.05, 0) is 25.0 Å². The number of rotatable bonds is 5. The van der Waals surface area contributed by atoms with E-state index in [0.29, 0.717) is 6.54 Å². The van der Waals surface area contributed by atoms with E-state index in [4.69, 9.17) is 10.5 Å². The van der Waals surface area contributed by atoms with Crippen molar-refractivity contribution < 1.29 is 4.74 Å². The van der Waals surface area contributed by atoms with Gasteiger partial charge in [-0.2, -0.15) is 0 Å². The fourth-order valence-corrected chi connectivity index (χ4v) is 2.34. The van der Waals surface area contributed by atoms with Gasteiger partial charge in [0.05, 0.1) is 18.1 Å². The van der Waals surface area contributed by atoms with Crippen molar-refractivity contribution in [2.45, 2.75) is 32.1 Å². The number of nitrogens with zero attached hydrogens (tertiary/aromatic N) is 1. The number of nitrogens with one attached hydrogen (secondary N) is 1. The van der Waals surface area contributed by atoms with Crippen LogP contribution in [0.5, 0.6) is 5.75 Å². The average molecular weight is 247 g/mol. The van der Waals surface area contributed by atoms with E-state index in [1.807, 2.05) is 18.2 Å². The molecule has 98 valence electrons. The number of methoxy groups -OCH3 is 1. The van der Waals surface area contributed by atoms with Crippen LogP contribution in [0.1, 0.15) is 32.5 Å². The molecule has 0 amide bonds. The molecule has 2 aromatic rings. The number of hydrogen-bond donors (Lipinski definition) is 2. The summed E-state index contributed by atoms with van der Waals surface area (Å²) in [4.78, 5) is 8.07. The zero-order valence-electron chi connectivity index (χ0n) is 11.3. The van der Waals surface area contributed by atoms with E-state index in [1.54, 1.807) is 7.11 Å². The van der Waals surface area contributed by atoms with Gasteiger partial charge in [-0.1, -0.05) is 13.8 Å². The van der Waals surface area contributed by atoms with Crippen LogP contribution in [-0.2, 0) is 5.41 Å². The predicted octanol–water partition coefficient (Wildman–Crippen LogP) is 2.59. The molecule has 0 bridgehead atoms. The molecule has 1 aromatic carbocycles. The number of hydrogen-bond acceptors (Lipinski definition) is 3. The lowest BCUT2D eigenvalue weighted by molar-refractivity contribution is 0.387. The summed E-state index contributed by atoms with van der Waals surface area (Å²) in [6.45, 7) is 4.92. The summed E-state index contributed by atoms with van der Waals surface area (Å²) in [6, 6.07) is 5.87. The fraction of sp³-hybridized carbons (Fsp3) is 0.500. The van der Waals surface area contributed by atoms with Gasteiger partial charge in [0, 0.05) is 18.0 Å². The minimum Gasteiger partial charge on any atom is -0.497 e. The first kappa shape index (κ1) is 12.9. The largest absolute Gasteiger partial charge is 0.497 e. The summed E-state index contributed by atoms with van der Waals surface area (Å²) in [6.07, 6.45) is 1.97. The van der Waals surface area contributed by atoms with Crippen LogP contribution in [0, 0.1) is 0 Å². The van der Waals surface area contributed by atoms with Crippen LogP contribution in [0.15, 0.2) is 18.2 Å². The van der Waals surface area contributed by atoms with Crippen LogP contribution in [0.2, 0.25) is 0 Å². The fourth-order valence-electron chi connectivity index (χ4n) is 2.34. The highest BCUT2D eigenvalue weighted by Crippen LogP contribution is 2.30. The van der Waals surface area contributed by atoms with Crippen LogP contribution in [0.3, 0.4) is 0 Å². The Hall–Kier alpha value is -1.55. The predicted molar refractivity (Wildman–Crippen MR) is 74.0 cm³/mol. The van der Waals surface area contributed by atoms with Crippen molar-refractivity contribution in [3.05, 3.63) is 24.0 Å². The second-order valence-corrected chi connectivity index (χ2v) is 4.66. The summed E-state index contributed by atoms with van der Waals surface area (Å²) in [7, 11) is 1.67. The molecular weight excluding hydrogens is 226 g/mol. The van der Waals surface area contributed by atoms with Crippen LogP contribution in [0.25, 0.3) is 11.0 Å². The standard InChI is InChI=1S/C14H21N3O/c1-4-14(5-2,9-15)13-16-11-7-6-10(18-3)8-12(11)17-13/h6-8H,4-5,9,15H2,1-3H3,(H,16,17). The molecule has 0 aliphatic carbocycles. The van der Waals surface area contributed by atoms with Crippen molar-refractivity contribution in [3.8, 4) is 5.75 Å². The summed E-state index contributed by atoms with van der Waals surface area (Å²) >= 11 is 0. The SMILES string of the molecule is CCC(CC)(CN)c1nc2ccc(OC)cc2[nH]1. The minimum atomic E-state index is -0.0494. The second-order valence-electron chi connectivity index (χ2n) is 4.66. The van der Waals surface area contributed by atoms with Crippen LogP contribution in [0.4, 0.5) is 0 Å². The highest BCUT2D eigenvalue weighted by Gasteiger charge is 2.30. The molecule has 3 N–H and O–H groups in total. The Morgan fingerprint density at radius 2 is 2.06 bits per heavy atom. The number of imidazole rings is 1. The minimum absolute atomic E-state index is 0.0494. The van der Waals surface area contributed by atoms with Gasteiger partial charge < -0.3 is 15.5 Å². The number of aromatic amines is 1. The number of nitrogens with two attached hydrogens (primary N) is 1. The van der Waals surface area contributed by atoms with Crippen molar-refractivity contribution in [1.29, 1.82) is 0 Å². The van der Waals surface area contributed by atoms with Crippen molar-refractivity contribution in [1.82, 2.24) is 9.97 Å². The Kier molecular flexibility index (Phi) is 3.57. The van der Waals surface area contributed by atoms with E-state index in [1.165, 1.54) is 0 Å². The second kappa shape index (κ2) is 4.98. The maximum Gasteiger partial charge on any atom is 0.121 e. The molecule has 4 heteroatoms. The van der Waals surface area contributed by atoms with Crippen molar-refractivity contribution in [2.75, 3.05) is 13.7 Å². The molecule has 4 nitrogen and oxygen atoms in total. The van der Waals surface area contributed by atoms with Gasteiger partial charge in [-0.25, -0.2) is 4.98 Å². The molecule has 0 radical (unpaired) electrons. The van der Waals surface area contributed by atoms with E-state index >= 15 is 0 Å². The monoisotopic (exact) mass is 247 g/mol. The van der Waals surface area contributed by atoms with Gasteiger partial charge in [0.25, 0.3) is 0 Å². The zero-order chi connectivity index (χ0) is 13.2. The lowest BCUT2D eigenvalue weighted by atomic mass is 9.82. The van der Waals surface area contributed by atoms with Crippen LogP contribution in [-0.4, -0.2) is 23.6 Å². The molecule has 0 saturated carbocycles. The first-order valence-electron chi connectivity index (χ1n) is 6.43. The van der Waals surface area contributed by atoms with E-state index in [-0.39, 0.29) is 5.41 Å². The molecule has 1 heterocycles. The van der Waals surface area contributed by atoms with E-state index in [0.717, 1.165) is 35.4 Å². The molecule has 0 unspecified atom stereocenters. The molecular formula is C14H21N3O. The smallest absolute Gasteiger partial charge is 0.121 e. The molecule has 0 aliphatic rings. The van der Waals surface area contributed by atoms with E-state index in [2.05, 4.69) is 23.8 Å². The van der Waals surface area contributed by atoms with E-state index in [9.17, 15) is 0 Å². The molecule has 0 spiro atoms. The average Bonchev–Trinajstić information content (AvgIpc) is 2.84. The van der Waals surface area contributed by atoms with Crippen LogP contribution < -0.4 is 10.5 Å². The Labute approximate surface area is 108 Å². The molecule has 18 heavy (non-hydrogen) atoms. The van der Waals surface area contributed by atoms with Gasteiger partial charge in [0.1, 0.15) is 11.6 Å².